The number of ether oxygens (including phenoxy) is 1. The van der Waals surface area contributed by atoms with Crippen molar-refractivity contribution in [3.05, 3.63) is 106 Å². The number of carbonyl (C=O) groups is 2. The highest BCUT2D eigenvalue weighted by atomic mass is 35.5. The van der Waals surface area contributed by atoms with Crippen molar-refractivity contribution in [3.63, 3.8) is 0 Å². The van der Waals surface area contributed by atoms with Crippen LogP contribution in [0.1, 0.15) is 45.6 Å². The summed E-state index contributed by atoms with van der Waals surface area (Å²) >= 11 is 6.26. The molecule has 5 rings (SSSR count). The summed E-state index contributed by atoms with van der Waals surface area (Å²) in [5.41, 5.74) is 4.90. The fourth-order valence-electron chi connectivity index (χ4n) is 4.90. The van der Waals surface area contributed by atoms with Gasteiger partial charge in [-0.2, -0.15) is 5.26 Å². The summed E-state index contributed by atoms with van der Waals surface area (Å²) in [6, 6.07) is 21.1. The fraction of sp³-hybridized carbons (Fsp3) is 0.188. The number of benzene rings is 3. The summed E-state index contributed by atoms with van der Waals surface area (Å²) in [6.07, 6.45) is 2.86. The first-order valence-corrected chi connectivity index (χ1v) is 13.2. The van der Waals surface area contributed by atoms with Gasteiger partial charge in [0.1, 0.15) is 5.82 Å². The van der Waals surface area contributed by atoms with Crippen LogP contribution in [0.5, 0.6) is 0 Å². The highest BCUT2D eigenvalue weighted by Crippen LogP contribution is 2.38. The lowest BCUT2D eigenvalue weighted by Crippen LogP contribution is -2.35. The standard InChI is InChI=1S/C32H25ClFN3O3/c1-20-10-13-22(14-11-20)37(17-5-16-35)29(38)19-40-32(39)30-23-6-2-3-9-28(23)36-31-21(12-15-24(30)31)18-25-26(33)7-4-8-27(25)34/h2-4,6-11,13-14,18H,5,12,15,17,19H2,1H3/b21-18+. The second-order valence-corrected chi connectivity index (χ2v) is 9.91. The highest BCUT2D eigenvalue weighted by Gasteiger charge is 2.29. The zero-order valence-electron chi connectivity index (χ0n) is 21.8. The van der Waals surface area contributed by atoms with Crippen LogP contribution in [0.15, 0.2) is 66.7 Å². The van der Waals surface area contributed by atoms with Gasteiger partial charge >= 0.3 is 5.97 Å². The molecule has 0 saturated carbocycles. The lowest BCUT2D eigenvalue weighted by Gasteiger charge is -2.22. The van der Waals surface area contributed by atoms with Crippen molar-refractivity contribution in [1.82, 2.24) is 4.98 Å². The van der Waals surface area contributed by atoms with Crippen LogP contribution in [0.2, 0.25) is 5.02 Å². The molecule has 1 aliphatic rings. The Labute approximate surface area is 236 Å². The smallest absolute Gasteiger partial charge is 0.339 e. The fourth-order valence-corrected chi connectivity index (χ4v) is 5.11. The van der Waals surface area contributed by atoms with Gasteiger partial charge in [-0.25, -0.2) is 14.2 Å². The molecule has 40 heavy (non-hydrogen) atoms. The molecule has 0 saturated heterocycles. The lowest BCUT2D eigenvalue weighted by atomic mass is 10.0. The van der Waals surface area contributed by atoms with Crippen LogP contribution in [0.4, 0.5) is 10.1 Å². The number of nitrogens with zero attached hydrogens (tertiary/aromatic N) is 3. The van der Waals surface area contributed by atoms with E-state index < -0.39 is 24.3 Å². The minimum absolute atomic E-state index is 0.136. The lowest BCUT2D eigenvalue weighted by molar-refractivity contribution is -0.121. The van der Waals surface area contributed by atoms with Crippen molar-refractivity contribution in [3.8, 4) is 6.07 Å². The summed E-state index contributed by atoms with van der Waals surface area (Å²) < 4.78 is 20.1. The largest absolute Gasteiger partial charge is 0.452 e. The van der Waals surface area contributed by atoms with E-state index >= 15 is 0 Å². The number of pyridine rings is 1. The molecule has 0 radical (unpaired) electrons. The monoisotopic (exact) mass is 553 g/mol. The first-order valence-electron chi connectivity index (χ1n) is 12.8. The van der Waals surface area contributed by atoms with E-state index in [1.807, 2.05) is 31.2 Å². The molecule has 1 heterocycles. The van der Waals surface area contributed by atoms with Gasteiger partial charge in [-0.15, -0.1) is 0 Å². The maximum absolute atomic E-state index is 14.5. The van der Waals surface area contributed by atoms with Crippen molar-refractivity contribution in [2.45, 2.75) is 26.2 Å². The first-order chi connectivity index (χ1) is 19.4. The number of halogens is 2. The molecule has 0 fully saturated rings. The van der Waals surface area contributed by atoms with Crippen LogP contribution in [0.25, 0.3) is 22.6 Å². The maximum atomic E-state index is 14.5. The average Bonchev–Trinajstić information content (AvgIpc) is 3.35. The van der Waals surface area contributed by atoms with Gasteiger partial charge in [0.15, 0.2) is 6.61 Å². The Hall–Kier alpha value is -4.54. The van der Waals surface area contributed by atoms with E-state index in [-0.39, 0.29) is 23.6 Å². The van der Waals surface area contributed by atoms with Crippen molar-refractivity contribution >= 4 is 51.7 Å². The van der Waals surface area contributed by atoms with E-state index in [0.29, 0.717) is 46.3 Å². The van der Waals surface area contributed by atoms with E-state index in [1.54, 1.807) is 42.5 Å². The predicted molar refractivity (Wildman–Crippen MR) is 153 cm³/mol. The van der Waals surface area contributed by atoms with Crippen LogP contribution >= 0.6 is 11.6 Å². The molecule has 0 atom stereocenters. The molecule has 3 aromatic carbocycles. The molecule has 200 valence electrons. The Balaban J connectivity index is 1.46. The van der Waals surface area contributed by atoms with Gasteiger partial charge in [0, 0.05) is 23.2 Å². The number of amides is 1. The molecule has 4 aromatic rings. The number of para-hydroxylation sites is 1. The molecule has 6 nitrogen and oxygen atoms in total. The van der Waals surface area contributed by atoms with Crippen molar-refractivity contribution in [2.24, 2.45) is 0 Å². The van der Waals surface area contributed by atoms with E-state index in [0.717, 1.165) is 11.1 Å². The van der Waals surface area contributed by atoms with Crippen molar-refractivity contribution < 1.29 is 18.7 Å². The Morgan fingerprint density at radius 3 is 2.62 bits per heavy atom. The second-order valence-electron chi connectivity index (χ2n) is 9.50. The average molecular weight is 554 g/mol. The number of esters is 1. The molecule has 0 unspecified atom stereocenters. The number of aryl methyl sites for hydroxylation is 1. The number of allylic oxidation sites excluding steroid dienone is 1. The highest BCUT2D eigenvalue weighted by molar-refractivity contribution is 6.32. The van der Waals surface area contributed by atoms with Gasteiger partial charge in [0.25, 0.3) is 5.91 Å². The third-order valence-electron chi connectivity index (χ3n) is 6.88. The van der Waals surface area contributed by atoms with E-state index in [9.17, 15) is 14.0 Å². The van der Waals surface area contributed by atoms with Crippen LogP contribution < -0.4 is 4.90 Å². The maximum Gasteiger partial charge on any atom is 0.339 e. The van der Waals surface area contributed by atoms with Gasteiger partial charge in [-0.1, -0.05) is 53.6 Å². The van der Waals surface area contributed by atoms with Crippen molar-refractivity contribution in [1.29, 1.82) is 5.26 Å². The van der Waals surface area contributed by atoms with E-state index in [2.05, 4.69) is 6.07 Å². The molecule has 0 spiro atoms. The molecule has 0 N–H and O–H groups in total. The molecular formula is C32H25ClFN3O3. The number of fused-ring (bicyclic) bond motifs is 2. The third-order valence-corrected chi connectivity index (χ3v) is 7.21. The molecule has 1 aromatic heterocycles. The van der Waals surface area contributed by atoms with E-state index in [1.165, 1.54) is 11.0 Å². The molecular weight excluding hydrogens is 529 g/mol. The van der Waals surface area contributed by atoms with Gasteiger partial charge in [-0.3, -0.25) is 4.79 Å². The van der Waals surface area contributed by atoms with Gasteiger partial charge in [0.05, 0.1) is 34.3 Å². The van der Waals surface area contributed by atoms with Crippen molar-refractivity contribution in [2.75, 3.05) is 18.1 Å². The zero-order valence-corrected chi connectivity index (χ0v) is 22.5. The normalized spacial score (nSPS) is 13.2. The minimum atomic E-state index is -0.641. The molecule has 1 aliphatic carbocycles. The number of hydrogen-bond donors (Lipinski definition) is 0. The molecule has 8 heteroatoms. The second kappa shape index (κ2) is 11.7. The van der Waals surface area contributed by atoms with E-state index in [4.69, 9.17) is 26.6 Å². The van der Waals surface area contributed by atoms with Gasteiger partial charge in [0.2, 0.25) is 0 Å². The summed E-state index contributed by atoms with van der Waals surface area (Å²) in [5, 5.41) is 9.98. The number of nitriles is 1. The number of anilines is 1. The number of rotatable bonds is 7. The minimum Gasteiger partial charge on any atom is -0.452 e. The molecule has 0 aliphatic heterocycles. The van der Waals surface area contributed by atoms with Crippen LogP contribution in [-0.2, 0) is 16.0 Å². The summed E-state index contributed by atoms with van der Waals surface area (Å²) in [7, 11) is 0. The quantitative estimate of drug-likeness (QED) is 0.232. The third kappa shape index (κ3) is 5.45. The van der Waals surface area contributed by atoms with Crippen LogP contribution in [0, 0.1) is 24.1 Å². The Morgan fingerprint density at radius 1 is 1.10 bits per heavy atom. The molecule has 0 bridgehead atoms. The summed E-state index contributed by atoms with van der Waals surface area (Å²) in [6.45, 7) is 1.63. The predicted octanol–water partition coefficient (Wildman–Crippen LogP) is 6.93. The number of aromatic nitrogens is 1. The number of carbonyl (C=O) groups excluding carboxylic acids is 2. The Kier molecular flexibility index (Phi) is 7.90. The molecule has 1 amide bonds. The summed E-state index contributed by atoms with van der Waals surface area (Å²) in [4.78, 5) is 32.9. The van der Waals surface area contributed by atoms with Crippen LogP contribution in [0.3, 0.4) is 0 Å². The number of hydrogen-bond acceptors (Lipinski definition) is 5. The van der Waals surface area contributed by atoms with Gasteiger partial charge in [-0.05, 0) is 67.3 Å². The first kappa shape index (κ1) is 27.0. The summed E-state index contributed by atoms with van der Waals surface area (Å²) in [5.74, 6) is -1.52. The Bertz CT molecular complexity index is 1670. The zero-order chi connectivity index (χ0) is 28.2. The topological polar surface area (TPSA) is 83.3 Å². The Morgan fingerprint density at radius 2 is 1.88 bits per heavy atom. The SMILES string of the molecule is Cc1ccc(N(CCC#N)C(=O)COC(=O)c2c3c(nc4ccccc24)/C(=C/c2c(F)cccc2Cl)CC3)cc1. The van der Waals surface area contributed by atoms with Gasteiger partial charge < -0.3 is 9.64 Å². The van der Waals surface area contributed by atoms with Crippen LogP contribution in [-0.4, -0.2) is 30.0 Å².